The van der Waals surface area contributed by atoms with E-state index in [1.54, 1.807) is 6.26 Å². The summed E-state index contributed by atoms with van der Waals surface area (Å²) in [5.74, 6) is 0.732. The summed E-state index contributed by atoms with van der Waals surface area (Å²) in [4.78, 5) is 23.4. The highest BCUT2D eigenvalue weighted by Crippen LogP contribution is 2.11. The zero-order valence-electron chi connectivity index (χ0n) is 13.5. The minimum absolute atomic E-state index is 0.0102. The molecule has 0 aliphatic rings. The van der Waals surface area contributed by atoms with Gasteiger partial charge in [-0.15, -0.1) is 0 Å². The summed E-state index contributed by atoms with van der Waals surface area (Å²) in [7, 11) is 0. The lowest BCUT2D eigenvalue weighted by molar-refractivity contribution is -0.121. The van der Waals surface area contributed by atoms with Gasteiger partial charge in [-0.25, -0.2) is 0 Å². The number of benzene rings is 1. The van der Waals surface area contributed by atoms with Gasteiger partial charge in [0.1, 0.15) is 5.76 Å². The minimum Gasteiger partial charge on any atom is -0.469 e. The standard InChI is InChI=1S/C18H22N2O3/c1-13(2)18(22)20-15-7-5-14(6-8-15)12-19-17(21)10-9-16-4-3-11-23-16/h3-8,11,13H,9-10,12H2,1-2H3,(H,19,21)(H,20,22). The molecule has 122 valence electrons. The molecule has 2 N–H and O–H groups in total. The number of aryl methyl sites for hydroxylation is 1. The van der Waals surface area contributed by atoms with Crippen molar-refractivity contribution in [2.24, 2.45) is 5.92 Å². The Morgan fingerprint density at radius 2 is 1.87 bits per heavy atom. The van der Waals surface area contributed by atoms with Crippen molar-refractivity contribution in [3.05, 3.63) is 54.0 Å². The van der Waals surface area contributed by atoms with Gasteiger partial charge >= 0.3 is 0 Å². The lowest BCUT2D eigenvalue weighted by Crippen LogP contribution is -2.23. The van der Waals surface area contributed by atoms with Crippen LogP contribution in [-0.2, 0) is 22.6 Å². The first-order chi connectivity index (χ1) is 11.0. The van der Waals surface area contributed by atoms with E-state index in [4.69, 9.17) is 4.42 Å². The van der Waals surface area contributed by atoms with Crippen LogP contribution in [0, 0.1) is 5.92 Å². The summed E-state index contributed by atoms with van der Waals surface area (Å²) in [5, 5.41) is 5.70. The average Bonchev–Trinajstić information content (AvgIpc) is 3.05. The number of amides is 2. The van der Waals surface area contributed by atoms with Gasteiger partial charge in [0.15, 0.2) is 0 Å². The van der Waals surface area contributed by atoms with E-state index in [2.05, 4.69) is 10.6 Å². The van der Waals surface area contributed by atoms with Crippen LogP contribution < -0.4 is 10.6 Å². The van der Waals surface area contributed by atoms with Crippen LogP contribution in [-0.4, -0.2) is 11.8 Å². The molecule has 0 saturated carbocycles. The zero-order valence-corrected chi connectivity index (χ0v) is 13.5. The molecule has 2 amide bonds. The summed E-state index contributed by atoms with van der Waals surface area (Å²) >= 11 is 0. The maximum Gasteiger partial charge on any atom is 0.226 e. The predicted molar refractivity (Wildman–Crippen MR) is 88.8 cm³/mol. The summed E-state index contributed by atoms with van der Waals surface area (Å²) in [6.45, 7) is 4.17. The molecule has 2 rings (SSSR count). The van der Waals surface area contributed by atoms with Crippen LogP contribution >= 0.6 is 0 Å². The Labute approximate surface area is 136 Å². The monoisotopic (exact) mass is 314 g/mol. The quantitative estimate of drug-likeness (QED) is 0.825. The van der Waals surface area contributed by atoms with Crippen molar-refractivity contribution in [1.29, 1.82) is 0 Å². The van der Waals surface area contributed by atoms with Crippen molar-refractivity contribution in [3.63, 3.8) is 0 Å². The van der Waals surface area contributed by atoms with Gasteiger partial charge in [0.05, 0.1) is 6.26 Å². The van der Waals surface area contributed by atoms with E-state index in [1.165, 1.54) is 0 Å². The molecule has 23 heavy (non-hydrogen) atoms. The smallest absolute Gasteiger partial charge is 0.226 e. The largest absolute Gasteiger partial charge is 0.469 e. The van der Waals surface area contributed by atoms with Gasteiger partial charge in [0, 0.05) is 31.0 Å². The van der Waals surface area contributed by atoms with Gasteiger partial charge in [-0.05, 0) is 29.8 Å². The van der Waals surface area contributed by atoms with Crippen LogP contribution in [0.15, 0.2) is 47.1 Å². The highest BCUT2D eigenvalue weighted by molar-refractivity contribution is 5.92. The molecule has 0 atom stereocenters. The number of carbonyl (C=O) groups excluding carboxylic acids is 2. The van der Waals surface area contributed by atoms with Gasteiger partial charge in [-0.2, -0.15) is 0 Å². The molecule has 1 aromatic heterocycles. The van der Waals surface area contributed by atoms with Crippen LogP contribution in [0.5, 0.6) is 0 Å². The summed E-state index contributed by atoms with van der Waals surface area (Å²) in [6.07, 6.45) is 2.60. The summed E-state index contributed by atoms with van der Waals surface area (Å²) in [5.41, 5.74) is 1.75. The van der Waals surface area contributed by atoms with E-state index in [-0.39, 0.29) is 17.7 Å². The van der Waals surface area contributed by atoms with E-state index in [0.717, 1.165) is 17.0 Å². The number of rotatable bonds is 7. The Morgan fingerprint density at radius 1 is 1.13 bits per heavy atom. The lowest BCUT2D eigenvalue weighted by Gasteiger charge is -2.09. The Kier molecular flexibility index (Phi) is 5.97. The van der Waals surface area contributed by atoms with Gasteiger partial charge in [0.2, 0.25) is 11.8 Å². The van der Waals surface area contributed by atoms with Crippen LogP contribution in [0.1, 0.15) is 31.6 Å². The molecule has 5 heteroatoms. The number of hydrogen-bond donors (Lipinski definition) is 2. The molecule has 5 nitrogen and oxygen atoms in total. The van der Waals surface area contributed by atoms with Gasteiger partial charge in [-0.1, -0.05) is 26.0 Å². The first-order valence-corrected chi connectivity index (χ1v) is 7.73. The van der Waals surface area contributed by atoms with Crippen molar-refractivity contribution in [2.45, 2.75) is 33.2 Å². The highest BCUT2D eigenvalue weighted by Gasteiger charge is 2.07. The maximum absolute atomic E-state index is 11.8. The number of nitrogens with one attached hydrogen (secondary N) is 2. The molecule has 0 aliphatic heterocycles. The third kappa shape index (κ3) is 5.62. The summed E-state index contributed by atoms with van der Waals surface area (Å²) in [6, 6.07) is 11.1. The van der Waals surface area contributed by atoms with Crippen molar-refractivity contribution in [3.8, 4) is 0 Å². The van der Waals surface area contributed by atoms with E-state index in [0.29, 0.717) is 19.4 Å². The number of carbonyl (C=O) groups is 2. The Hall–Kier alpha value is -2.56. The zero-order chi connectivity index (χ0) is 16.7. The third-order valence-corrected chi connectivity index (χ3v) is 3.41. The number of hydrogen-bond acceptors (Lipinski definition) is 3. The van der Waals surface area contributed by atoms with Crippen molar-refractivity contribution < 1.29 is 14.0 Å². The molecule has 0 bridgehead atoms. The minimum atomic E-state index is -0.0527. The van der Waals surface area contributed by atoms with E-state index >= 15 is 0 Å². The molecule has 0 fully saturated rings. The van der Waals surface area contributed by atoms with Crippen molar-refractivity contribution in [1.82, 2.24) is 5.32 Å². The molecule has 1 aromatic carbocycles. The van der Waals surface area contributed by atoms with Crippen LogP contribution in [0.4, 0.5) is 5.69 Å². The van der Waals surface area contributed by atoms with Crippen LogP contribution in [0.2, 0.25) is 0 Å². The van der Waals surface area contributed by atoms with Gasteiger partial charge in [0.25, 0.3) is 0 Å². The second kappa shape index (κ2) is 8.17. The Morgan fingerprint density at radius 3 is 2.48 bits per heavy atom. The second-order valence-electron chi connectivity index (χ2n) is 5.70. The Balaban J connectivity index is 1.75. The van der Waals surface area contributed by atoms with E-state index in [9.17, 15) is 9.59 Å². The fourth-order valence-electron chi connectivity index (χ4n) is 1.97. The molecule has 0 radical (unpaired) electrons. The fraction of sp³-hybridized carbons (Fsp3) is 0.333. The average molecular weight is 314 g/mol. The molecular weight excluding hydrogens is 292 g/mol. The second-order valence-corrected chi connectivity index (χ2v) is 5.70. The third-order valence-electron chi connectivity index (χ3n) is 3.41. The predicted octanol–water partition coefficient (Wildman–Crippen LogP) is 3.12. The van der Waals surface area contributed by atoms with E-state index < -0.39 is 0 Å². The number of anilines is 1. The first kappa shape index (κ1) is 16.8. The van der Waals surface area contributed by atoms with Crippen LogP contribution in [0.25, 0.3) is 0 Å². The molecule has 1 heterocycles. The Bertz CT molecular complexity index is 631. The van der Waals surface area contributed by atoms with Crippen molar-refractivity contribution in [2.75, 3.05) is 5.32 Å². The topological polar surface area (TPSA) is 71.3 Å². The molecular formula is C18H22N2O3. The molecule has 0 saturated heterocycles. The fourth-order valence-corrected chi connectivity index (χ4v) is 1.97. The molecule has 0 aliphatic carbocycles. The molecule has 0 spiro atoms. The van der Waals surface area contributed by atoms with Crippen LogP contribution in [0.3, 0.4) is 0 Å². The van der Waals surface area contributed by atoms with Gasteiger partial charge in [-0.3, -0.25) is 9.59 Å². The maximum atomic E-state index is 11.8. The van der Waals surface area contributed by atoms with E-state index in [1.807, 2.05) is 50.2 Å². The van der Waals surface area contributed by atoms with Crippen molar-refractivity contribution >= 4 is 17.5 Å². The summed E-state index contributed by atoms with van der Waals surface area (Å²) < 4.78 is 5.19. The number of furan rings is 1. The SMILES string of the molecule is CC(C)C(=O)Nc1ccc(CNC(=O)CCc2ccco2)cc1. The highest BCUT2D eigenvalue weighted by atomic mass is 16.3. The lowest BCUT2D eigenvalue weighted by atomic mass is 10.1. The molecule has 2 aromatic rings. The van der Waals surface area contributed by atoms with Gasteiger partial charge < -0.3 is 15.1 Å². The first-order valence-electron chi connectivity index (χ1n) is 7.73. The molecule has 0 unspecified atom stereocenters. The normalized spacial score (nSPS) is 10.6.